The van der Waals surface area contributed by atoms with Crippen molar-refractivity contribution >= 4 is 6.03 Å². The molecule has 0 atom stereocenters. The Balaban J connectivity index is 1.79. The Kier molecular flexibility index (Phi) is 7.95. The van der Waals surface area contributed by atoms with Gasteiger partial charge in [0.1, 0.15) is 0 Å². The fourth-order valence-corrected chi connectivity index (χ4v) is 3.10. The molecule has 0 aromatic heterocycles. The number of rotatable bonds is 6. The molecule has 0 unspecified atom stereocenters. The van der Waals surface area contributed by atoms with Crippen LogP contribution in [-0.4, -0.2) is 18.7 Å². The summed E-state index contributed by atoms with van der Waals surface area (Å²) < 4.78 is 5.49. The van der Waals surface area contributed by atoms with Crippen molar-refractivity contribution in [3.8, 4) is 0 Å². The van der Waals surface area contributed by atoms with Crippen LogP contribution >= 0.6 is 0 Å². The van der Waals surface area contributed by atoms with E-state index in [1.807, 2.05) is 25.1 Å². The van der Waals surface area contributed by atoms with E-state index in [-0.39, 0.29) is 6.03 Å². The topological polar surface area (TPSA) is 50.4 Å². The van der Waals surface area contributed by atoms with Gasteiger partial charge in [-0.05, 0) is 30.9 Å². The monoisotopic (exact) mass is 318 g/mol. The number of urea groups is 1. The zero-order valence-corrected chi connectivity index (χ0v) is 14.3. The second-order valence-corrected chi connectivity index (χ2v) is 6.27. The summed E-state index contributed by atoms with van der Waals surface area (Å²) in [5.74, 6) is 0. The third-order valence-electron chi connectivity index (χ3n) is 4.46. The van der Waals surface area contributed by atoms with Crippen molar-refractivity contribution in [2.75, 3.05) is 6.61 Å². The molecule has 0 saturated heterocycles. The predicted molar refractivity (Wildman–Crippen MR) is 93.3 cm³/mol. The number of ether oxygens (including phenoxy) is 1. The maximum absolute atomic E-state index is 12.2. The van der Waals surface area contributed by atoms with Crippen LogP contribution in [0.15, 0.2) is 24.3 Å². The highest BCUT2D eigenvalue weighted by atomic mass is 16.5. The number of carbonyl (C=O) groups excluding carboxylic acids is 1. The summed E-state index contributed by atoms with van der Waals surface area (Å²) in [4.78, 5) is 12.2. The third-order valence-corrected chi connectivity index (χ3v) is 4.46. The van der Waals surface area contributed by atoms with Crippen LogP contribution in [0.25, 0.3) is 0 Å². The normalized spacial score (nSPS) is 16.4. The minimum Gasteiger partial charge on any atom is -0.377 e. The summed E-state index contributed by atoms with van der Waals surface area (Å²) in [5, 5.41) is 6.13. The van der Waals surface area contributed by atoms with Gasteiger partial charge >= 0.3 is 6.03 Å². The predicted octanol–water partition coefficient (Wildman–Crippen LogP) is 4.14. The molecule has 128 valence electrons. The maximum atomic E-state index is 12.2. The number of carbonyl (C=O) groups is 1. The van der Waals surface area contributed by atoms with Crippen LogP contribution < -0.4 is 10.6 Å². The van der Waals surface area contributed by atoms with E-state index in [9.17, 15) is 4.79 Å². The molecule has 2 rings (SSSR count). The summed E-state index contributed by atoms with van der Waals surface area (Å²) in [6, 6.07) is 8.38. The first-order valence-corrected chi connectivity index (χ1v) is 8.98. The Bertz CT molecular complexity index is 468. The molecule has 0 spiro atoms. The molecular formula is C19H30N2O2. The highest BCUT2D eigenvalue weighted by Crippen LogP contribution is 2.17. The van der Waals surface area contributed by atoms with Crippen LogP contribution in [-0.2, 0) is 17.9 Å². The summed E-state index contributed by atoms with van der Waals surface area (Å²) >= 11 is 0. The van der Waals surface area contributed by atoms with Crippen molar-refractivity contribution in [2.24, 2.45) is 0 Å². The molecule has 1 saturated carbocycles. The second kappa shape index (κ2) is 10.3. The van der Waals surface area contributed by atoms with Crippen LogP contribution in [0.5, 0.6) is 0 Å². The average Bonchev–Trinajstić information content (AvgIpc) is 2.54. The Labute approximate surface area is 140 Å². The van der Waals surface area contributed by atoms with Crippen LogP contribution in [0.2, 0.25) is 0 Å². The quantitative estimate of drug-likeness (QED) is 0.828. The molecule has 4 nitrogen and oxygen atoms in total. The molecule has 1 aromatic carbocycles. The van der Waals surface area contributed by atoms with Crippen LogP contribution in [0, 0.1) is 0 Å². The molecule has 4 heteroatoms. The van der Waals surface area contributed by atoms with Gasteiger partial charge in [0.05, 0.1) is 6.61 Å². The van der Waals surface area contributed by atoms with Gasteiger partial charge in [0.2, 0.25) is 0 Å². The molecule has 2 amide bonds. The van der Waals surface area contributed by atoms with Gasteiger partial charge in [-0.2, -0.15) is 0 Å². The first kappa shape index (κ1) is 17.8. The van der Waals surface area contributed by atoms with Gasteiger partial charge in [-0.1, -0.05) is 56.4 Å². The van der Waals surface area contributed by atoms with Crippen molar-refractivity contribution in [1.29, 1.82) is 0 Å². The van der Waals surface area contributed by atoms with Crippen molar-refractivity contribution in [3.63, 3.8) is 0 Å². The fourth-order valence-electron chi connectivity index (χ4n) is 3.10. The van der Waals surface area contributed by atoms with E-state index in [4.69, 9.17) is 4.74 Å². The molecule has 1 aliphatic rings. The molecule has 2 N–H and O–H groups in total. The standard InChI is InChI=1S/C19H30N2O2/c1-2-23-15-17-11-9-8-10-16(17)14-20-19(22)21-18-12-6-4-3-5-7-13-18/h8-11,18H,2-7,12-15H2,1H3,(H2,20,21,22). The SMILES string of the molecule is CCOCc1ccccc1CNC(=O)NC1CCCCCCC1. The first-order chi connectivity index (χ1) is 11.3. The van der Waals surface area contributed by atoms with Crippen molar-refractivity contribution < 1.29 is 9.53 Å². The summed E-state index contributed by atoms with van der Waals surface area (Å²) in [7, 11) is 0. The molecule has 1 aromatic rings. The van der Waals surface area contributed by atoms with E-state index in [0.717, 1.165) is 24.0 Å². The van der Waals surface area contributed by atoms with Gasteiger partial charge in [0, 0.05) is 19.2 Å². The Morgan fingerprint density at radius 1 is 1.09 bits per heavy atom. The molecule has 1 aliphatic carbocycles. The van der Waals surface area contributed by atoms with E-state index in [0.29, 0.717) is 25.8 Å². The zero-order chi connectivity index (χ0) is 16.3. The van der Waals surface area contributed by atoms with E-state index < -0.39 is 0 Å². The van der Waals surface area contributed by atoms with Gasteiger partial charge in [0.25, 0.3) is 0 Å². The van der Waals surface area contributed by atoms with Crippen molar-refractivity contribution in [2.45, 2.75) is 71.1 Å². The number of amides is 2. The number of hydrogen-bond acceptors (Lipinski definition) is 2. The molecule has 23 heavy (non-hydrogen) atoms. The number of nitrogens with one attached hydrogen (secondary N) is 2. The molecule has 0 heterocycles. The summed E-state index contributed by atoms with van der Waals surface area (Å²) in [6.07, 6.45) is 8.59. The minimum absolute atomic E-state index is 0.0539. The average molecular weight is 318 g/mol. The first-order valence-electron chi connectivity index (χ1n) is 8.98. The van der Waals surface area contributed by atoms with Crippen LogP contribution in [0.4, 0.5) is 4.79 Å². The second-order valence-electron chi connectivity index (χ2n) is 6.27. The fraction of sp³-hybridized carbons (Fsp3) is 0.632. The Morgan fingerprint density at radius 3 is 2.43 bits per heavy atom. The van der Waals surface area contributed by atoms with E-state index >= 15 is 0 Å². The molecule has 0 radical (unpaired) electrons. The molecule has 0 aliphatic heterocycles. The van der Waals surface area contributed by atoms with Crippen LogP contribution in [0.1, 0.15) is 63.0 Å². The molecule has 1 fully saturated rings. The van der Waals surface area contributed by atoms with Gasteiger partial charge in [-0.25, -0.2) is 4.79 Å². The largest absolute Gasteiger partial charge is 0.377 e. The molecule has 0 bridgehead atoms. The number of hydrogen-bond donors (Lipinski definition) is 2. The lowest BCUT2D eigenvalue weighted by atomic mass is 9.97. The van der Waals surface area contributed by atoms with Gasteiger partial charge < -0.3 is 15.4 Å². The maximum Gasteiger partial charge on any atom is 0.315 e. The minimum atomic E-state index is -0.0539. The number of benzene rings is 1. The third kappa shape index (κ3) is 6.61. The van der Waals surface area contributed by atoms with Gasteiger partial charge in [-0.15, -0.1) is 0 Å². The summed E-state index contributed by atoms with van der Waals surface area (Å²) in [5.41, 5.74) is 2.26. The smallest absolute Gasteiger partial charge is 0.315 e. The van der Waals surface area contributed by atoms with E-state index in [1.54, 1.807) is 0 Å². The lowest BCUT2D eigenvalue weighted by molar-refractivity contribution is 0.133. The highest BCUT2D eigenvalue weighted by molar-refractivity contribution is 5.74. The van der Waals surface area contributed by atoms with E-state index in [2.05, 4.69) is 16.7 Å². The lowest BCUT2D eigenvalue weighted by Crippen LogP contribution is -2.42. The Morgan fingerprint density at radius 2 is 1.74 bits per heavy atom. The van der Waals surface area contributed by atoms with Crippen molar-refractivity contribution in [3.05, 3.63) is 35.4 Å². The lowest BCUT2D eigenvalue weighted by Gasteiger charge is -2.21. The van der Waals surface area contributed by atoms with Crippen LogP contribution in [0.3, 0.4) is 0 Å². The molecular weight excluding hydrogens is 288 g/mol. The van der Waals surface area contributed by atoms with Gasteiger partial charge in [0.15, 0.2) is 0 Å². The summed E-state index contributed by atoms with van der Waals surface area (Å²) in [6.45, 7) is 3.83. The van der Waals surface area contributed by atoms with Crippen molar-refractivity contribution in [1.82, 2.24) is 10.6 Å². The zero-order valence-electron chi connectivity index (χ0n) is 14.3. The van der Waals surface area contributed by atoms with Gasteiger partial charge in [-0.3, -0.25) is 0 Å². The highest BCUT2D eigenvalue weighted by Gasteiger charge is 2.14. The van der Waals surface area contributed by atoms with E-state index in [1.165, 1.54) is 32.1 Å². The Hall–Kier alpha value is -1.55.